The molecule has 5 nitrogen and oxygen atoms in total. The molecule has 7 heteroatoms. The van der Waals surface area contributed by atoms with Gasteiger partial charge in [-0.3, -0.25) is 19.3 Å². The van der Waals surface area contributed by atoms with Crippen LogP contribution in [-0.4, -0.2) is 28.5 Å². The molecule has 1 heterocycles. The number of anilines is 1. The van der Waals surface area contributed by atoms with Crippen molar-refractivity contribution < 1.29 is 18.8 Å². The van der Waals surface area contributed by atoms with E-state index < -0.39 is 29.4 Å². The number of carbonyl (C=O) groups excluding carboxylic acids is 3. The topological polar surface area (TPSA) is 66.5 Å². The monoisotopic (exact) mass is 384 g/mol. The average Bonchev–Trinajstić information content (AvgIpc) is 2.87. The maximum atomic E-state index is 13.8. The van der Waals surface area contributed by atoms with Crippen molar-refractivity contribution in [2.75, 3.05) is 11.9 Å². The largest absolute Gasteiger partial charge is 0.324 e. The van der Waals surface area contributed by atoms with Crippen LogP contribution in [-0.2, 0) is 9.59 Å². The quantitative estimate of drug-likeness (QED) is 0.806. The van der Waals surface area contributed by atoms with Crippen molar-refractivity contribution >= 4 is 40.6 Å². The van der Waals surface area contributed by atoms with E-state index in [2.05, 4.69) is 5.32 Å². The van der Waals surface area contributed by atoms with Crippen LogP contribution in [0.15, 0.2) is 47.4 Å². The Hall–Kier alpha value is -2.93. The van der Waals surface area contributed by atoms with E-state index in [0.29, 0.717) is 17.4 Å². The third-order valence-electron chi connectivity index (χ3n) is 4.03. The van der Waals surface area contributed by atoms with Gasteiger partial charge in [-0.2, -0.15) is 0 Å². The number of rotatable bonds is 4. The van der Waals surface area contributed by atoms with E-state index in [4.69, 9.17) is 0 Å². The normalized spacial score (nSPS) is 15.5. The maximum absolute atomic E-state index is 13.8. The van der Waals surface area contributed by atoms with E-state index in [-0.39, 0.29) is 10.5 Å². The Morgan fingerprint density at radius 2 is 1.93 bits per heavy atom. The highest BCUT2D eigenvalue weighted by atomic mass is 32.2. The Labute approximate surface area is 160 Å². The standard InChI is InChI=1S/C20H17FN2O3S/c1-12-7-8-13(2)16(9-12)22-18(24)11-23-19(25)17(27-20(23)26)10-14-5-3-4-6-15(14)21/h3-10H,11H2,1-2H3,(H,22,24)/b17-10+. The van der Waals surface area contributed by atoms with Crippen LogP contribution in [0.3, 0.4) is 0 Å². The minimum Gasteiger partial charge on any atom is -0.324 e. The van der Waals surface area contributed by atoms with E-state index in [1.165, 1.54) is 24.3 Å². The molecule has 0 aliphatic carbocycles. The summed E-state index contributed by atoms with van der Waals surface area (Å²) in [6.07, 6.45) is 1.32. The molecular weight excluding hydrogens is 367 g/mol. The van der Waals surface area contributed by atoms with Crippen LogP contribution in [0.2, 0.25) is 0 Å². The summed E-state index contributed by atoms with van der Waals surface area (Å²) in [5.41, 5.74) is 2.70. The van der Waals surface area contributed by atoms with Gasteiger partial charge in [-0.1, -0.05) is 30.3 Å². The van der Waals surface area contributed by atoms with Crippen molar-refractivity contribution in [1.82, 2.24) is 4.90 Å². The summed E-state index contributed by atoms with van der Waals surface area (Å²) >= 11 is 0.691. The molecule has 0 aromatic heterocycles. The summed E-state index contributed by atoms with van der Waals surface area (Å²) in [5, 5.41) is 2.16. The molecule has 0 radical (unpaired) electrons. The minimum absolute atomic E-state index is 0.0876. The molecule has 0 bridgehead atoms. The molecule has 0 atom stereocenters. The van der Waals surface area contributed by atoms with Gasteiger partial charge in [0.2, 0.25) is 5.91 Å². The maximum Gasteiger partial charge on any atom is 0.294 e. The number of nitrogens with one attached hydrogen (secondary N) is 1. The molecule has 1 aliphatic rings. The van der Waals surface area contributed by atoms with E-state index >= 15 is 0 Å². The van der Waals surface area contributed by atoms with Gasteiger partial charge in [-0.05, 0) is 54.9 Å². The van der Waals surface area contributed by atoms with Crippen LogP contribution in [0.25, 0.3) is 6.08 Å². The number of benzene rings is 2. The zero-order valence-electron chi connectivity index (χ0n) is 14.8. The molecule has 0 spiro atoms. The molecule has 1 N–H and O–H groups in total. The molecule has 0 unspecified atom stereocenters. The highest BCUT2D eigenvalue weighted by molar-refractivity contribution is 8.18. The number of amides is 3. The highest BCUT2D eigenvalue weighted by Gasteiger charge is 2.36. The molecule has 3 amide bonds. The van der Waals surface area contributed by atoms with Crippen molar-refractivity contribution in [3.8, 4) is 0 Å². The van der Waals surface area contributed by atoms with Crippen LogP contribution in [0.5, 0.6) is 0 Å². The number of carbonyl (C=O) groups is 3. The zero-order valence-corrected chi connectivity index (χ0v) is 15.6. The minimum atomic E-state index is -0.607. The predicted octanol–water partition coefficient (Wildman–Crippen LogP) is 4.12. The summed E-state index contributed by atoms with van der Waals surface area (Å²) in [5.74, 6) is -1.57. The number of thioether (sulfide) groups is 1. The summed E-state index contributed by atoms with van der Waals surface area (Å²) in [4.78, 5) is 37.8. The number of hydrogen-bond donors (Lipinski definition) is 1. The summed E-state index contributed by atoms with van der Waals surface area (Å²) in [6.45, 7) is 3.36. The first-order chi connectivity index (χ1) is 12.8. The second kappa shape index (κ2) is 7.75. The number of halogens is 1. The smallest absolute Gasteiger partial charge is 0.294 e. The van der Waals surface area contributed by atoms with E-state index in [1.807, 2.05) is 32.0 Å². The number of imide groups is 1. The second-order valence-electron chi connectivity index (χ2n) is 6.16. The molecule has 1 saturated heterocycles. The fourth-order valence-electron chi connectivity index (χ4n) is 2.57. The number of hydrogen-bond acceptors (Lipinski definition) is 4. The predicted molar refractivity (Wildman–Crippen MR) is 104 cm³/mol. The van der Waals surface area contributed by atoms with Crippen LogP contribution in [0, 0.1) is 19.7 Å². The first-order valence-corrected chi connectivity index (χ1v) is 9.04. The first kappa shape index (κ1) is 18.8. The average molecular weight is 384 g/mol. The van der Waals surface area contributed by atoms with Gasteiger partial charge in [0.25, 0.3) is 11.1 Å². The van der Waals surface area contributed by atoms with E-state index in [0.717, 1.165) is 16.0 Å². The van der Waals surface area contributed by atoms with Gasteiger partial charge >= 0.3 is 0 Å². The van der Waals surface area contributed by atoms with Crippen molar-refractivity contribution in [2.45, 2.75) is 13.8 Å². The Morgan fingerprint density at radius 3 is 2.67 bits per heavy atom. The van der Waals surface area contributed by atoms with Gasteiger partial charge < -0.3 is 5.32 Å². The van der Waals surface area contributed by atoms with Crippen molar-refractivity contribution in [2.24, 2.45) is 0 Å². The molecule has 2 aromatic carbocycles. The van der Waals surface area contributed by atoms with Gasteiger partial charge in [-0.25, -0.2) is 4.39 Å². The van der Waals surface area contributed by atoms with Crippen LogP contribution < -0.4 is 5.32 Å². The number of nitrogens with zero attached hydrogens (tertiary/aromatic N) is 1. The van der Waals surface area contributed by atoms with Crippen LogP contribution in [0.1, 0.15) is 16.7 Å². The fourth-order valence-corrected chi connectivity index (χ4v) is 3.40. The van der Waals surface area contributed by atoms with Gasteiger partial charge in [0.1, 0.15) is 12.4 Å². The lowest BCUT2D eigenvalue weighted by Gasteiger charge is -2.14. The lowest BCUT2D eigenvalue weighted by molar-refractivity contribution is -0.127. The Bertz CT molecular complexity index is 971. The van der Waals surface area contributed by atoms with Crippen molar-refractivity contribution in [1.29, 1.82) is 0 Å². The van der Waals surface area contributed by atoms with Gasteiger partial charge in [-0.15, -0.1) is 0 Å². The molecule has 27 heavy (non-hydrogen) atoms. The fraction of sp³-hybridized carbons (Fsp3) is 0.150. The van der Waals surface area contributed by atoms with Crippen molar-refractivity contribution in [3.63, 3.8) is 0 Å². The third kappa shape index (κ3) is 4.25. The third-order valence-corrected chi connectivity index (χ3v) is 4.94. The summed E-state index contributed by atoms with van der Waals surface area (Å²) in [7, 11) is 0. The lowest BCUT2D eigenvalue weighted by Crippen LogP contribution is -2.36. The lowest BCUT2D eigenvalue weighted by atomic mass is 10.1. The molecule has 1 fully saturated rings. The highest BCUT2D eigenvalue weighted by Crippen LogP contribution is 2.32. The summed E-state index contributed by atoms with van der Waals surface area (Å²) < 4.78 is 13.8. The zero-order chi connectivity index (χ0) is 19.6. The number of aryl methyl sites for hydroxylation is 2. The second-order valence-corrected chi connectivity index (χ2v) is 7.15. The summed E-state index contributed by atoms with van der Waals surface area (Å²) in [6, 6.07) is 11.6. The molecule has 138 valence electrons. The molecule has 2 aromatic rings. The Balaban J connectivity index is 1.73. The SMILES string of the molecule is Cc1ccc(C)c(NC(=O)CN2C(=O)S/C(=C/c3ccccc3F)C2=O)c1. The van der Waals surface area contributed by atoms with Gasteiger partial charge in [0.15, 0.2) is 0 Å². The van der Waals surface area contributed by atoms with Gasteiger partial charge in [0.05, 0.1) is 4.91 Å². The molecule has 3 rings (SSSR count). The van der Waals surface area contributed by atoms with E-state index in [1.54, 1.807) is 6.07 Å². The molecule has 0 saturated carbocycles. The van der Waals surface area contributed by atoms with Gasteiger partial charge in [0, 0.05) is 11.3 Å². The Kier molecular flexibility index (Phi) is 5.41. The van der Waals surface area contributed by atoms with Crippen LogP contribution in [0.4, 0.5) is 14.9 Å². The Morgan fingerprint density at radius 1 is 1.19 bits per heavy atom. The van der Waals surface area contributed by atoms with E-state index in [9.17, 15) is 18.8 Å². The van der Waals surface area contributed by atoms with Crippen molar-refractivity contribution in [3.05, 3.63) is 69.9 Å². The molecule has 1 aliphatic heterocycles. The molecular formula is C20H17FN2O3S. The first-order valence-electron chi connectivity index (χ1n) is 8.22. The van der Waals surface area contributed by atoms with Crippen LogP contribution >= 0.6 is 11.8 Å².